The molecule has 2 nitrogen and oxygen atoms in total. The number of rotatable bonds is 4. The third-order valence-corrected chi connectivity index (χ3v) is 5.79. The van der Waals surface area contributed by atoms with Crippen LogP contribution in [0.1, 0.15) is 22.8 Å². The summed E-state index contributed by atoms with van der Waals surface area (Å²) >= 11 is 7.75. The Morgan fingerprint density at radius 1 is 1.09 bits per heavy atom. The molecule has 3 rings (SSSR count). The highest BCUT2D eigenvalue weighted by atomic mass is 35.5. The Morgan fingerprint density at radius 2 is 1.73 bits per heavy atom. The minimum atomic E-state index is 0.0332. The molecule has 0 radical (unpaired) electrons. The van der Waals surface area contributed by atoms with Gasteiger partial charge in [0.15, 0.2) is 0 Å². The lowest BCUT2D eigenvalue weighted by molar-refractivity contribution is -0.126. The Kier molecular flexibility index (Phi) is 4.74. The molecule has 1 aliphatic rings. The van der Waals surface area contributed by atoms with Crippen LogP contribution in [0.3, 0.4) is 0 Å². The van der Waals surface area contributed by atoms with E-state index in [-0.39, 0.29) is 16.4 Å². The van der Waals surface area contributed by atoms with Crippen LogP contribution in [0.2, 0.25) is 5.02 Å². The van der Waals surface area contributed by atoms with E-state index >= 15 is 0 Å². The summed E-state index contributed by atoms with van der Waals surface area (Å²) in [5, 5.41) is 0.919. The van der Waals surface area contributed by atoms with E-state index in [2.05, 4.69) is 24.3 Å². The van der Waals surface area contributed by atoms with Crippen molar-refractivity contribution in [2.45, 2.75) is 16.9 Å². The molecule has 1 aliphatic heterocycles. The summed E-state index contributed by atoms with van der Waals surface area (Å²) in [7, 11) is 1.88. The van der Waals surface area contributed by atoms with Crippen molar-refractivity contribution in [1.29, 1.82) is 0 Å². The lowest BCUT2D eigenvalue weighted by atomic mass is 10.0. The smallest absolute Gasteiger partial charge is 0.235 e. The van der Waals surface area contributed by atoms with E-state index in [1.807, 2.05) is 42.3 Å². The third-order valence-electron chi connectivity index (χ3n) is 3.95. The molecule has 0 spiro atoms. The van der Waals surface area contributed by atoms with Gasteiger partial charge < -0.3 is 4.90 Å². The molecule has 0 bridgehead atoms. The molecule has 2 aromatic carbocycles. The van der Waals surface area contributed by atoms with Gasteiger partial charge in [0.1, 0.15) is 0 Å². The molecule has 1 saturated heterocycles. The molecule has 1 fully saturated rings. The maximum Gasteiger partial charge on any atom is 0.235 e. The Morgan fingerprint density at radius 3 is 2.32 bits per heavy atom. The fourth-order valence-electron chi connectivity index (χ4n) is 2.70. The van der Waals surface area contributed by atoms with Gasteiger partial charge in [-0.25, -0.2) is 0 Å². The number of hydrogen-bond acceptors (Lipinski definition) is 2. The van der Waals surface area contributed by atoms with Gasteiger partial charge in [0.05, 0.1) is 10.5 Å². The van der Waals surface area contributed by atoms with Gasteiger partial charge in [-0.1, -0.05) is 54.1 Å². The topological polar surface area (TPSA) is 20.3 Å². The van der Waals surface area contributed by atoms with Crippen molar-refractivity contribution >= 4 is 29.3 Å². The van der Waals surface area contributed by atoms with E-state index in [1.165, 1.54) is 11.1 Å². The number of benzene rings is 2. The minimum absolute atomic E-state index is 0.0332. The highest BCUT2D eigenvalue weighted by Gasteiger charge is 2.32. The van der Waals surface area contributed by atoms with Gasteiger partial charge in [0.25, 0.3) is 0 Å². The second-order valence-corrected chi connectivity index (χ2v) is 7.26. The Balaban J connectivity index is 1.90. The van der Waals surface area contributed by atoms with E-state index in [4.69, 9.17) is 11.6 Å². The molecular weight excluding hydrogens is 314 g/mol. The van der Waals surface area contributed by atoms with Gasteiger partial charge in [-0.3, -0.25) is 4.79 Å². The maximum atomic E-state index is 12.2. The molecule has 0 N–H and O–H groups in total. The van der Waals surface area contributed by atoms with Crippen LogP contribution in [0.15, 0.2) is 54.6 Å². The van der Waals surface area contributed by atoms with E-state index in [9.17, 15) is 4.79 Å². The van der Waals surface area contributed by atoms with Crippen LogP contribution in [0.4, 0.5) is 0 Å². The second kappa shape index (κ2) is 6.76. The largest absolute Gasteiger partial charge is 0.345 e. The summed E-state index contributed by atoms with van der Waals surface area (Å²) in [6.07, 6.45) is 0.914. The van der Waals surface area contributed by atoms with E-state index in [0.717, 1.165) is 18.0 Å². The van der Waals surface area contributed by atoms with Gasteiger partial charge in [0.2, 0.25) is 5.91 Å². The number of carbonyl (C=O) groups is 1. The number of hydrogen-bond donors (Lipinski definition) is 0. The number of likely N-dealkylation sites (tertiary alicyclic amines) is 1. The predicted molar refractivity (Wildman–Crippen MR) is 93.4 cm³/mol. The first-order valence-corrected chi connectivity index (χ1v) is 8.68. The van der Waals surface area contributed by atoms with E-state index in [1.54, 1.807) is 11.8 Å². The molecule has 0 aromatic heterocycles. The van der Waals surface area contributed by atoms with Crippen molar-refractivity contribution in [1.82, 2.24) is 4.90 Å². The van der Waals surface area contributed by atoms with Gasteiger partial charge in [-0.2, -0.15) is 0 Å². The van der Waals surface area contributed by atoms with Gasteiger partial charge in [-0.05, 0) is 29.7 Å². The summed E-state index contributed by atoms with van der Waals surface area (Å²) < 4.78 is 0. The molecule has 22 heavy (non-hydrogen) atoms. The zero-order chi connectivity index (χ0) is 15.5. The highest BCUT2D eigenvalue weighted by Crippen LogP contribution is 2.41. The van der Waals surface area contributed by atoms with Crippen LogP contribution in [-0.2, 0) is 4.79 Å². The second-order valence-electron chi connectivity index (χ2n) is 5.52. The van der Waals surface area contributed by atoms with Crippen LogP contribution in [0.25, 0.3) is 0 Å². The SMILES string of the molecule is CN1CCC(SC(c2ccccc2)c2ccc(Cl)cc2)C1=O. The van der Waals surface area contributed by atoms with Crippen molar-refractivity contribution in [3.8, 4) is 0 Å². The molecule has 2 unspecified atom stereocenters. The molecule has 4 heteroatoms. The third kappa shape index (κ3) is 3.31. The first-order valence-electron chi connectivity index (χ1n) is 7.36. The fraction of sp³-hybridized carbons (Fsp3) is 0.278. The molecule has 1 heterocycles. The summed E-state index contributed by atoms with van der Waals surface area (Å²) in [6, 6.07) is 18.3. The predicted octanol–water partition coefficient (Wildman–Crippen LogP) is 4.39. The lowest BCUT2D eigenvalue weighted by Crippen LogP contribution is -2.24. The Hall–Kier alpha value is -1.45. The van der Waals surface area contributed by atoms with Crippen molar-refractivity contribution in [3.63, 3.8) is 0 Å². The Labute approximate surface area is 140 Å². The van der Waals surface area contributed by atoms with Gasteiger partial charge in [-0.15, -0.1) is 11.8 Å². The van der Waals surface area contributed by atoms with Crippen molar-refractivity contribution < 1.29 is 4.79 Å². The summed E-state index contributed by atoms with van der Waals surface area (Å²) in [6.45, 7) is 0.846. The Bertz CT molecular complexity index is 644. The molecule has 0 saturated carbocycles. The zero-order valence-corrected chi connectivity index (χ0v) is 14.0. The van der Waals surface area contributed by atoms with Crippen LogP contribution >= 0.6 is 23.4 Å². The molecule has 2 aromatic rings. The zero-order valence-electron chi connectivity index (χ0n) is 12.4. The standard InChI is InChI=1S/C18H18ClNOS/c1-20-12-11-16(18(20)21)22-17(13-5-3-2-4-6-13)14-7-9-15(19)10-8-14/h2-10,16-17H,11-12H2,1H3. The van der Waals surface area contributed by atoms with E-state index in [0.29, 0.717) is 0 Å². The maximum absolute atomic E-state index is 12.2. The normalized spacial score (nSPS) is 19.5. The average Bonchev–Trinajstić information content (AvgIpc) is 2.86. The lowest BCUT2D eigenvalue weighted by Gasteiger charge is -2.21. The summed E-state index contributed by atoms with van der Waals surface area (Å²) in [5.41, 5.74) is 2.40. The molecule has 114 valence electrons. The van der Waals surface area contributed by atoms with Crippen LogP contribution in [0.5, 0.6) is 0 Å². The van der Waals surface area contributed by atoms with Crippen LogP contribution in [0, 0.1) is 0 Å². The number of thioether (sulfide) groups is 1. The number of halogens is 1. The van der Waals surface area contributed by atoms with Crippen molar-refractivity contribution in [3.05, 3.63) is 70.7 Å². The summed E-state index contributed by atoms with van der Waals surface area (Å²) in [5.74, 6) is 0.236. The number of amides is 1. The molecule has 2 atom stereocenters. The van der Waals surface area contributed by atoms with Crippen molar-refractivity contribution in [2.75, 3.05) is 13.6 Å². The van der Waals surface area contributed by atoms with Crippen molar-refractivity contribution in [2.24, 2.45) is 0 Å². The minimum Gasteiger partial charge on any atom is -0.345 e. The van der Waals surface area contributed by atoms with Crippen LogP contribution < -0.4 is 0 Å². The highest BCUT2D eigenvalue weighted by molar-refractivity contribution is 8.01. The molecule has 0 aliphatic carbocycles. The monoisotopic (exact) mass is 331 g/mol. The first-order chi connectivity index (χ1) is 10.6. The summed E-state index contributed by atoms with van der Waals surface area (Å²) in [4.78, 5) is 14.1. The molecular formula is C18H18ClNOS. The van der Waals surface area contributed by atoms with E-state index < -0.39 is 0 Å². The quantitative estimate of drug-likeness (QED) is 0.828. The fourth-order valence-corrected chi connectivity index (χ4v) is 4.32. The number of nitrogens with zero attached hydrogens (tertiary/aromatic N) is 1. The van der Waals surface area contributed by atoms with Gasteiger partial charge >= 0.3 is 0 Å². The van der Waals surface area contributed by atoms with Gasteiger partial charge in [0, 0.05) is 18.6 Å². The first kappa shape index (κ1) is 15.4. The number of carbonyl (C=O) groups excluding carboxylic acids is 1. The molecule has 1 amide bonds. The average molecular weight is 332 g/mol. The van der Waals surface area contributed by atoms with Crippen LogP contribution in [-0.4, -0.2) is 29.6 Å².